The average Bonchev–Trinajstić information content (AvgIpc) is 2.95. The molecule has 1 saturated heterocycles. The highest BCUT2D eigenvalue weighted by Gasteiger charge is 2.15. The molecule has 0 aromatic heterocycles. The number of nitrogens with one attached hydrogen (secondary N) is 2. The van der Waals surface area contributed by atoms with Gasteiger partial charge < -0.3 is 15.5 Å². The van der Waals surface area contributed by atoms with Crippen molar-refractivity contribution >= 4 is 34.9 Å². The summed E-state index contributed by atoms with van der Waals surface area (Å²) in [7, 11) is 0. The molecule has 2 N–H and O–H groups in total. The Hall–Kier alpha value is -2.53. The molecule has 0 bridgehead atoms. The molecule has 1 heterocycles. The molecule has 2 aromatic carbocycles. The molecule has 0 radical (unpaired) electrons. The van der Waals surface area contributed by atoms with Crippen LogP contribution in [0.1, 0.15) is 31.2 Å². The number of rotatable bonds is 4. The molecule has 3 amide bonds. The van der Waals surface area contributed by atoms with E-state index < -0.39 is 0 Å². The minimum absolute atomic E-state index is 0.0626. The summed E-state index contributed by atoms with van der Waals surface area (Å²) in [6.45, 7) is 1.62. The lowest BCUT2D eigenvalue weighted by Gasteiger charge is -2.20. The van der Waals surface area contributed by atoms with Gasteiger partial charge in [0.2, 0.25) is 5.91 Å². The number of carbonyl (C=O) groups excluding carboxylic acids is 2. The van der Waals surface area contributed by atoms with Gasteiger partial charge in [-0.2, -0.15) is 0 Å². The van der Waals surface area contributed by atoms with Gasteiger partial charge in [0, 0.05) is 29.5 Å². The summed E-state index contributed by atoms with van der Waals surface area (Å²) < 4.78 is 0. The number of amides is 3. The number of nitrogens with zero attached hydrogens (tertiary/aromatic N) is 1. The van der Waals surface area contributed by atoms with Gasteiger partial charge >= 0.3 is 6.03 Å². The summed E-state index contributed by atoms with van der Waals surface area (Å²) in [5.41, 5.74) is 2.19. The fourth-order valence-corrected chi connectivity index (χ4v) is 3.34. The Labute approximate surface area is 164 Å². The van der Waals surface area contributed by atoms with Gasteiger partial charge in [0.05, 0.1) is 6.42 Å². The monoisotopic (exact) mass is 385 g/mol. The molecule has 1 aliphatic rings. The van der Waals surface area contributed by atoms with E-state index in [1.165, 1.54) is 12.8 Å². The third-order valence-electron chi connectivity index (χ3n) is 4.62. The zero-order valence-electron chi connectivity index (χ0n) is 15.2. The fraction of sp³-hybridized carbons (Fsp3) is 0.333. The molecule has 2 aromatic rings. The highest BCUT2D eigenvalue weighted by Crippen LogP contribution is 2.18. The van der Waals surface area contributed by atoms with Crippen LogP contribution in [0.4, 0.5) is 16.2 Å². The predicted molar refractivity (Wildman–Crippen MR) is 109 cm³/mol. The molecule has 0 aliphatic carbocycles. The van der Waals surface area contributed by atoms with Gasteiger partial charge in [-0.3, -0.25) is 4.79 Å². The lowest BCUT2D eigenvalue weighted by molar-refractivity contribution is -0.115. The van der Waals surface area contributed by atoms with Gasteiger partial charge in [-0.05, 0) is 48.7 Å². The fourth-order valence-electron chi connectivity index (χ4n) is 3.13. The van der Waals surface area contributed by atoms with Gasteiger partial charge in [-0.15, -0.1) is 0 Å². The number of anilines is 2. The van der Waals surface area contributed by atoms with Crippen LogP contribution in [0, 0.1) is 0 Å². The summed E-state index contributed by atoms with van der Waals surface area (Å²) in [5, 5.41) is 6.36. The second-order valence-corrected chi connectivity index (χ2v) is 7.13. The van der Waals surface area contributed by atoms with E-state index in [9.17, 15) is 9.59 Å². The van der Waals surface area contributed by atoms with E-state index >= 15 is 0 Å². The predicted octanol–water partition coefficient (Wildman–Crippen LogP) is 4.93. The first-order chi connectivity index (χ1) is 13.1. The van der Waals surface area contributed by atoms with Crippen molar-refractivity contribution in [2.45, 2.75) is 32.1 Å². The van der Waals surface area contributed by atoms with E-state index in [2.05, 4.69) is 10.6 Å². The van der Waals surface area contributed by atoms with Gasteiger partial charge in [-0.1, -0.05) is 42.6 Å². The second kappa shape index (κ2) is 9.42. The minimum Gasteiger partial charge on any atom is -0.326 e. The number of halogens is 1. The van der Waals surface area contributed by atoms with Gasteiger partial charge in [0.1, 0.15) is 0 Å². The average molecular weight is 386 g/mol. The van der Waals surface area contributed by atoms with Crippen molar-refractivity contribution in [3.63, 3.8) is 0 Å². The van der Waals surface area contributed by atoms with Gasteiger partial charge in [0.15, 0.2) is 0 Å². The van der Waals surface area contributed by atoms with Crippen LogP contribution in [0.3, 0.4) is 0 Å². The molecule has 0 atom stereocenters. The second-order valence-electron chi connectivity index (χ2n) is 6.73. The lowest BCUT2D eigenvalue weighted by Crippen LogP contribution is -2.35. The number of likely N-dealkylation sites (tertiary alicyclic amines) is 1. The summed E-state index contributed by atoms with van der Waals surface area (Å²) in [4.78, 5) is 26.4. The van der Waals surface area contributed by atoms with Crippen molar-refractivity contribution < 1.29 is 9.59 Å². The number of urea groups is 1. The number of carbonyl (C=O) groups is 2. The summed E-state index contributed by atoms with van der Waals surface area (Å²) in [6, 6.07) is 14.4. The SMILES string of the molecule is O=C(Cc1ccccc1Cl)Nc1ccc(NC(=O)N2CCCCCC2)cc1. The van der Waals surface area contributed by atoms with E-state index in [1.54, 1.807) is 30.3 Å². The van der Waals surface area contributed by atoms with Crippen molar-refractivity contribution in [2.75, 3.05) is 23.7 Å². The van der Waals surface area contributed by atoms with E-state index in [-0.39, 0.29) is 18.4 Å². The molecule has 6 heteroatoms. The summed E-state index contributed by atoms with van der Waals surface area (Å²) in [6.07, 6.45) is 4.71. The van der Waals surface area contributed by atoms with Crippen LogP contribution in [0.25, 0.3) is 0 Å². The maximum absolute atomic E-state index is 12.4. The maximum Gasteiger partial charge on any atom is 0.321 e. The number of hydrogen-bond acceptors (Lipinski definition) is 2. The molecule has 1 fully saturated rings. The third kappa shape index (κ3) is 5.73. The smallest absolute Gasteiger partial charge is 0.321 e. The molecular weight excluding hydrogens is 362 g/mol. The minimum atomic E-state index is -0.135. The molecule has 0 spiro atoms. The molecule has 1 aliphatic heterocycles. The molecular formula is C21H24ClN3O2. The Morgan fingerprint density at radius 2 is 1.44 bits per heavy atom. The Kier molecular flexibility index (Phi) is 6.71. The van der Waals surface area contributed by atoms with E-state index in [0.717, 1.165) is 31.5 Å². The standard InChI is InChI=1S/C21H24ClN3O2/c22-19-8-4-3-7-16(19)15-20(26)23-17-9-11-18(12-10-17)24-21(27)25-13-5-1-2-6-14-25/h3-4,7-12H,1-2,5-6,13-15H2,(H,23,26)(H,24,27). The first kappa shape index (κ1) is 19.2. The van der Waals surface area contributed by atoms with Crippen LogP contribution in [-0.2, 0) is 11.2 Å². The number of hydrogen-bond donors (Lipinski definition) is 2. The van der Waals surface area contributed by atoms with Crippen molar-refractivity contribution in [1.29, 1.82) is 0 Å². The highest BCUT2D eigenvalue weighted by atomic mass is 35.5. The van der Waals surface area contributed by atoms with E-state index in [1.807, 2.05) is 23.1 Å². The largest absolute Gasteiger partial charge is 0.326 e. The Bertz CT molecular complexity index is 784. The van der Waals surface area contributed by atoms with Gasteiger partial charge in [-0.25, -0.2) is 4.79 Å². The summed E-state index contributed by atoms with van der Waals surface area (Å²) >= 11 is 6.09. The third-order valence-corrected chi connectivity index (χ3v) is 4.99. The maximum atomic E-state index is 12.4. The molecule has 3 rings (SSSR count). The van der Waals surface area contributed by atoms with Crippen LogP contribution >= 0.6 is 11.6 Å². The normalized spacial score (nSPS) is 14.3. The Balaban J connectivity index is 1.53. The zero-order chi connectivity index (χ0) is 19.1. The topological polar surface area (TPSA) is 61.4 Å². The van der Waals surface area contributed by atoms with Crippen LogP contribution in [0.2, 0.25) is 5.02 Å². The Morgan fingerprint density at radius 3 is 2.07 bits per heavy atom. The number of benzene rings is 2. The van der Waals surface area contributed by atoms with E-state index in [4.69, 9.17) is 11.6 Å². The van der Waals surface area contributed by atoms with Crippen molar-refractivity contribution in [2.24, 2.45) is 0 Å². The summed E-state index contributed by atoms with van der Waals surface area (Å²) in [5.74, 6) is -0.135. The molecule has 142 valence electrons. The van der Waals surface area contributed by atoms with Crippen LogP contribution in [0.15, 0.2) is 48.5 Å². The van der Waals surface area contributed by atoms with Crippen LogP contribution in [-0.4, -0.2) is 29.9 Å². The molecule has 0 unspecified atom stereocenters. The molecule has 27 heavy (non-hydrogen) atoms. The van der Waals surface area contributed by atoms with Crippen molar-refractivity contribution in [1.82, 2.24) is 4.90 Å². The van der Waals surface area contributed by atoms with E-state index in [0.29, 0.717) is 16.4 Å². The van der Waals surface area contributed by atoms with Gasteiger partial charge in [0.25, 0.3) is 0 Å². The molecule has 5 nitrogen and oxygen atoms in total. The highest BCUT2D eigenvalue weighted by molar-refractivity contribution is 6.31. The van der Waals surface area contributed by atoms with Crippen LogP contribution < -0.4 is 10.6 Å². The van der Waals surface area contributed by atoms with Crippen LogP contribution in [0.5, 0.6) is 0 Å². The first-order valence-corrected chi connectivity index (χ1v) is 9.69. The zero-order valence-corrected chi connectivity index (χ0v) is 16.0. The quantitative estimate of drug-likeness (QED) is 0.783. The van der Waals surface area contributed by atoms with Crippen molar-refractivity contribution in [3.05, 3.63) is 59.1 Å². The first-order valence-electron chi connectivity index (χ1n) is 9.31. The Morgan fingerprint density at radius 1 is 0.852 bits per heavy atom. The molecule has 0 saturated carbocycles. The van der Waals surface area contributed by atoms with Crippen molar-refractivity contribution in [3.8, 4) is 0 Å². The lowest BCUT2D eigenvalue weighted by atomic mass is 10.1.